The van der Waals surface area contributed by atoms with E-state index in [4.69, 9.17) is 4.52 Å². The summed E-state index contributed by atoms with van der Waals surface area (Å²) < 4.78 is 5.01. The van der Waals surface area contributed by atoms with E-state index in [0.29, 0.717) is 31.1 Å². The summed E-state index contributed by atoms with van der Waals surface area (Å²) in [7, 11) is 0. The van der Waals surface area contributed by atoms with Gasteiger partial charge in [0.1, 0.15) is 5.76 Å². The van der Waals surface area contributed by atoms with E-state index < -0.39 is 0 Å². The summed E-state index contributed by atoms with van der Waals surface area (Å²) in [6.07, 6.45) is 0. The molecule has 0 aliphatic carbocycles. The third kappa shape index (κ3) is 3.11. The lowest BCUT2D eigenvalue weighted by Gasteiger charge is -2.41. The van der Waals surface area contributed by atoms with E-state index in [2.05, 4.69) is 5.16 Å². The van der Waals surface area contributed by atoms with Crippen molar-refractivity contribution in [1.82, 2.24) is 15.0 Å². The highest BCUT2D eigenvalue weighted by molar-refractivity contribution is 5.92. The van der Waals surface area contributed by atoms with Crippen LogP contribution in [0.15, 0.2) is 40.9 Å². The monoisotopic (exact) mass is 313 g/mol. The molecule has 6 nitrogen and oxygen atoms in total. The van der Waals surface area contributed by atoms with Crippen molar-refractivity contribution in [3.05, 3.63) is 53.4 Å². The largest absolute Gasteiger partial charge is 0.361 e. The quantitative estimate of drug-likeness (QED) is 0.851. The molecular weight excluding hydrogens is 294 g/mol. The maximum atomic E-state index is 12.8. The second kappa shape index (κ2) is 6.24. The molecule has 2 amide bonds. The average molecular weight is 313 g/mol. The zero-order valence-corrected chi connectivity index (χ0v) is 13.2. The SMILES string of the molecule is CC(=O)N1CCN(C(=O)c2cc(C)on2)C(c2ccccc2)C1. The van der Waals surface area contributed by atoms with Crippen LogP contribution in [0.5, 0.6) is 0 Å². The molecule has 1 aliphatic rings. The van der Waals surface area contributed by atoms with Crippen molar-refractivity contribution in [2.24, 2.45) is 0 Å². The van der Waals surface area contributed by atoms with Gasteiger partial charge in [0.15, 0.2) is 5.69 Å². The molecule has 0 radical (unpaired) electrons. The van der Waals surface area contributed by atoms with Crippen LogP contribution in [0.2, 0.25) is 0 Å². The molecule has 1 aliphatic heterocycles. The number of carbonyl (C=O) groups excluding carboxylic acids is 2. The van der Waals surface area contributed by atoms with E-state index in [1.807, 2.05) is 30.3 Å². The zero-order valence-electron chi connectivity index (χ0n) is 13.2. The number of nitrogens with zero attached hydrogens (tertiary/aromatic N) is 3. The molecule has 1 saturated heterocycles. The van der Waals surface area contributed by atoms with Crippen molar-refractivity contribution in [2.45, 2.75) is 19.9 Å². The first-order chi connectivity index (χ1) is 11.1. The lowest BCUT2D eigenvalue weighted by Crippen LogP contribution is -2.51. The molecule has 1 unspecified atom stereocenters. The maximum Gasteiger partial charge on any atom is 0.276 e. The Bertz CT molecular complexity index is 711. The van der Waals surface area contributed by atoms with Gasteiger partial charge in [0, 0.05) is 32.6 Å². The predicted molar refractivity (Wildman–Crippen MR) is 83.7 cm³/mol. The normalized spacial score (nSPS) is 18.1. The van der Waals surface area contributed by atoms with Crippen molar-refractivity contribution >= 4 is 11.8 Å². The standard InChI is InChI=1S/C17H19N3O3/c1-12-10-15(18-23-12)17(22)20-9-8-19(13(2)21)11-16(20)14-6-4-3-5-7-14/h3-7,10,16H,8-9,11H2,1-2H3. The van der Waals surface area contributed by atoms with E-state index in [-0.39, 0.29) is 17.9 Å². The Balaban J connectivity index is 1.90. The first kappa shape index (κ1) is 15.3. The molecule has 2 heterocycles. The fraction of sp³-hybridized carbons (Fsp3) is 0.353. The summed E-state index contributed by atoms with van der Waals surface area (Å²) in [5.41, 5.74) is 1.31. The highest BCUT2D eigenvalue weighted by Gasteiger charge is 2.34. The zero-order chi connectivity index (χ0) is 16.4. The van der Waals surface area contributed by atoms with E-state index in [9.17, 15) is 9.59 Å². The van der Waals surface area contributed by atoms with Gasteiger partial charge in [0.25, 0.3) is 5.91 Å². The minimum absolute atomic E-state index is 0.0234. The van der Waals surface area contributed by atoms with Crippen LogP contribution in [0.1, 0.15) is 34.8 Å². The summed E-state index contributed by atoms with van der Waals surface area (Å²) in [6, 6.07) is 11.2. The van der Waals surface area contributed by atoms with Gasteiger partial charge in [-0.15, -0.1) is 0 Å². The number of aromatic nitrogens is 1. The van der Waals surface area contributed by atoms with Crippen molar-refractivity contribution in [3.8, 4) is 0 Å². The van der Waals surface area contributed by atoms with Gasteiger partial charge in [0.2, 0.25) is 5.91 Å². The van der Waals surface area contributed by atoms with Crippen LogP contribution in [0.3, 0.4) is 0 Å². The smallest absolute Gasteiger partial charge is 0.276 e. The minimum atomic E-state index is -0.182. The molecule has 0 saturated carbocycles. The van der Waals surface area contributed by atoms with Gasteiger partial charge >= 0.3 is 0 Å². The number of hydrogen-bond acceptors (Lipinski definition) is 4. The Hall–Kier alpha value is -2.63. The average Bonchev–Trinajstić information content (AvgIpc) is 3.01. The predicted octanol–water partition coefficient (Wildman–Crippen LogP) is 2.03. The second-order valence-corrected chi connectivity index (χ2v) is 5.71. The van der Waals surface area contributed by atoms with E-state index in [1.165, 1.54) is 0 Å². The molecule has 23 heavy (non-hydrogen) atoms. The number of amides is 2. The molecule has 0 N–H and O–H groups in total. The number of hydrogen-bond donors (Lipinski definition) is 0. The van der Waals surface area contributed by atoms with E-state index in [1.54, 1.807) is 29.7 Å². The van der Waals surface area contributed by atoms with Gasteiger partial charge in [-0.25, -0.2) is 0 Å². The Kier molecular flexibility index (Phi) is 4.14. The van der Waals surface area contributed by atoms with E-state index in [0.717, 1.165) is 5.56 Å². The fourth-order valence-electron chi connectivity index (χ4n) is 2.89. The van der Waals surface area contributed by atoms with Gasteiger partial charge < -0.3 is 14.3 Å². The molecule has 0 spiro atoms. The van der Waals surface area contributed by atoms with Crippen LogP contribution < -0.4 is 0 Å². The lowest BCUT2D eigenvalue weighted by molar-refractivity contribution is -0.131. The van der Waals surface area contributed by atoms with Crippen LogP contribution in [0, 0.1) is 6.92 Å². The summed E-state index contributed by atoms with van der Waals surface area (Å²) in [6.45, 7) is 4.81. The molecule has 1 fully saturated rings. The first-order valence-corrected chi connectivity index (χ1v) is 7.61. The Morgan fingerprint density at radius 3 is 2.57 bits per heavy atom. The highest BCUT2D eigenvalue weighted by atomic mass is 16.5. The van der Waals surface area contributed by atoms with Crippen molar-refractivity contribution in [1.29, 1.82) is 0 Å². The molecule has 120 valence electrons. The molecule has 0 bridgehead atoms. The topological polar surface area (TPSA) is 66.7 Å². The molecule has 1 atom stereocenters. The second-order valence-electron chi connectivity index (χ2n) is 5.71. The number of benzene rings is 1. The summed E-state index contributed by atoms with van der Waals surface area (Å²) in [4.78, 5) is 28.0. The third-order valence-corrected chi connectivity index (χ3v) is 4.12. The Morgan fingerprint density at radius 1 is 1.22 bits per heavy atom. The number of aryl methyl sites for hydroxylation is 1. The van der Waals surface area contributed by atoms with Crippen LogP contribution >= 0.6 is 0 Å². The van der Waals surface area contributed by atoms with Crippen LogP contribution in [-0.2, 0) is 4.79 Å². The lowest BCUT2D eigenvalue weighted by atomic mass is 10.0. The molecule has 2 aromatic rings. The molecule has 6 heteroatoms. The van der Waals surface area contributed by atoms with Gasteiger partial charge in [-0.3, -0.25) is 9.59 Å². The van der Waals surface area contributed by atoms with Gasteiger partial charge in [-0.2, -0.15) is 0 Å². The molecule has 1 aromatic heterocycles. The van der Waals surface area contributed by atoms with Crippen molar-refractivity contribution < 1.29 is 14.1 Å². The Morgan fingerprint density at radius 2 is 1.96 bits per heavy atom. The number of carbonyl (C=O) groups is 2. The van der Waals surface area contributed by atoms with Gasteiger partial charge in [-0.05, 0) is 12.5 Å². The summed E-state index contributed by atoms with van der Waals surface area (Å²) in [5, 5.41) is 3.83. The summed E-state index contributed by atoms with van der Waals surface area (Å²) in [5.74, 6) is 0.459. The first-order valence-electron chi connectivity index (χ1n) is 7.61. The third-order valence-electron chi connectivity index (χ3n) is 4.12. The molecular formula is C17H19N3O3. The Labute approximate surface area is 134 Å². The van der Waals surface area contributed by atoms with Crippen molar-refractivity contribution in [2.75, 3.05) is 19.6 Å². The fourth-order valence-corrected chi connectivity index (χ4v) is 2.89. The van der Waals surface area contributed by atoms with Crippen LogP contribution in [-0.4, -0.2) is 46.4 Å². The van der Waals surface area contributed by atoms with Gasteiger partial charge in [-0.1, -0.05) is 35.5 Å². The molecule has 1 aromatic carbocycles. The highest BCUT2D eigenvalue weighted by Crippen LogP contribution is 2.27. The van der Waals surface area contributed by atoms with E-state index >= 15 is 0 Å². The van der Waals surface area contributed by atoms with Crippen LogP contribution in [0.4, 0.5) is 0 Å². The van der Waals surface area contributed by atoms with Crippen molar-refractivity contribution in [3.63, 3.8) is 0 Å². The minimum Gasteiger partial charge on any atom is -0.361 e. The number of piperazine rings is 1. The summed E-state index contributed by atoms with van der Waals surface area (Å²) >= 11 is 0. The maximum absolute atomic E-state index is 12.8. The van der Waals surface area contributed by atoms with Gasteiger partial charge in [0.05, 0.1) is 6.04 Å². The van der Waals surface area contributed by atoms with Crippen LogP contribution in [0.25, 0.3) is 0 Å². The number of rotatable bonds is 2. The molecule has 3 rings (SSSR count).